The van der Waals surface area contributed by atoms with Gasteiger partial charge in [-0.2, -0.15) is 5.10 Å². The van der Waals surface area contributed by atoms with E-state index < -0.39 is 0 Å². The molecule has 2 aromatic heterocycles. The maximum atomic E-state index is 11.5. The molecular weight excluding hydrogens is 346 g/mol. The van der Waals surface area contributed by atoms with Gasteiger partial charge in [-0.25, -0.2) is 9.97 Å². The van der Waals surface area contributed by atoms with Crippen LogP contribution < -0.4 is 27.2 Å². The van der Waals surface area contributed by atoms with Crippen molar-refractivity contribution in [3.05, 3.63) is 41.9 Å². The number of nitrogens with two attached hydrogens (primary N) is 1. The van der Waals surface area contributed by atoms with Crippen molar-refractivity contribution in [3.63, 3.8) is 0 Å². The predicted molar refractivity (Wildman–Crippen MR) is 100 cm³/mol. The highest BCUT2D eigenvalue weighted by Gasteiger charge is 2.26. The minimum absolute atomic E-state index is 0.283. The fourth-order valence-electron chi connectivity index (χ4n) is 2.92. The third-order valence-corrected chi connectivity index (χ3v) is 4.52. The first-order valence-corrected chi connectivity index (χ1v) is 8.52. The Morgan fingerprint density at radius 3 is 2.74 bits per heavy atom. The van der Waals surface area contributed by atoms with Crippen molar-refractivity contribution in [1.82, 2.24) is 25.6 Å². The van der Waals surface area contributed by atoms with Crippen LogP contribution in [0.3, 0.4) is 0 Å². The Morgan fingerprint density at radius 2 is 1.93 bits per heavy atom. The van der Waals surface area contributed by atoms with E-state index >= 15 is 0 Å². The van der Waals surface area contributed by atoms with Crippen LogP contribution in [0.5, 0.6) is 0 Å². The molecule has 10 nitrogen and oxygen atoms in total. The molecule has 1 fully saturated rings. The van der Waals surface area contributed by atoms with Gasteiger partial charge in [0, 0.05) is 17.7 Å². The third-order valence-electron chi connectivity index (χ3n) is 4.52. The molecular formula is C17H16N9O. The average Bonchev–Trinajstić information content (AvgIpc) is 3.31. The summed E-state index contributed by atoms with van der Waals surface area (Å²) in [5, 5.41) is 13.5. The molecule has 0 saturated heterocycles. The number of H-pyrrole nitrogens is 1. The zero-order chi connectivity index (χ0) is 18.4. The van der Waals surface area contributed by atoms with Crippen molar-refractivity contribution in [2.24, 2.45) is 0 Å². The predicted octanol–water partition coefficient (Wildman–Crippen LogP) is 2.23. The number of hydrogen-bond acceptors (Lipinski definition) is 8. The fraction of sp³-hybridized carbons (Fsp3) is 0.176. The van der Waals surface area contributed by atoms with E-state index in [1.807, 2.05) is 6.07 Å². The number of nitrogens with one attached hydrogen (secondary N) is 4. The summed E-state index contributed by atoms with van der Waals surface area (Å²) in [7, 11) is 0. The normalized spacial score (nSPS) is 15.0. The first kappa shape index (κ1) is 15.4. The van der Waals surface area contributed by atoms with Crippen LogP contribution >= 0.6 is 0 Å². The van der Waals surface area contributed by atoms with Crippen molar-refractivity contribution < 1.29 is 4.79 Å². The largest absolute Gasteiger partial charge is 0.393 e. The maximum absolute atomic E-state index is 11.5. The lowest BCUT2D eigenvalue weighted by Gasteiger charge is -2.12. The van der Waals surface area contributed by atoms with Crippen LogP contribution in [0, 0.1) is 0 Å². The van der Waals surface area contributed by atoms with Crippen LogP contribution in [-0.2, 0) is 0 Å². The number of carbonyl (C=O) groups excluding carboxylic acids is 1. The number of fused-ring (bicyclic) bond motifs is 1. The van der Waals surface area contributed by atoms with Gasteiger partial charge in [0.05, 0.1) is 16.9 Å². The van der Waals surface area contributed by atoms with Gasteiger partial charge in [0.1, 0.15) is 17.8 Å². The van der Waals surface area contributed by atoms with Crippen molar-refractivity contribution in [1.29, 1.82) is 0 Å². The van der Waals surface area contributed by atoms with Gasteiger partial charge >= 0.3 is 0 Å². The minimum Gasteiger partial charge on any atom is -0.393 e. The number of carbonyl (C=O) groups is 1. The summed E-state index contributed by atoms with van der Waals surface area (Å²) in [4.78, 5) is 20.0. The van der Waals surface area contributed by atoms with Crippen LogP contribution in [0.25, 0.3) is 0 Å². The Bertz CT molecular complexity index is 1040. The number of nitrogens with zero attached hydrogens (tertiary/aromatic N) is 4. The van der Waals surface area contributed by atoms with E-state index in [1.165, 1.54) is 19.2 Å². The molecule has 1 saturated carbocycles. The first-order valence-electron chi connectivity index (χ1n) is 8.52. The Hall–Kier alpha value is -3.82. The number of nitrogen functional groups attached to an aromatic ring is 1. The number of benzene rings is 1. The van der Waals surface area contributed by atoms with Gasteiger partial charge in [0.15, 0.2) is 11.6 Å². The smallest absolute Gasteiger partial charge is 0.295 e. The zero-order valence-corrected chi connectivity index (χ0v) is 14.2. The third kappa shape index (κ3) is 2.86. The van der Waals surface area contributed by atoms with Gasteiger partial charge < -0.3 is 16.4 Å². The highest BCUT2D eigenvalue weighted by molar-refractivity contribution is 6.04. The molecule has 1 radical (unpaired) electrons. The summed E-state index contributed by atoms with van der Waals surface area (Å²) in [6.45, 7) is 0. The SMILES string of the molecule is Nc1c(Nc2ccc3c(c2)N[N]C3=O)ncnc1Nc1cc(C2CC2)n[nH]1. The van der Waals surface area contributed by atoms with E-state index in [-0.39, 0.29) is 5.91 Å². The molecule has 0 bridgehead atoms. The average molecular weight is 362 g/mol. The fourth-order valence-corrected chi connectivity index (χ4v) is 2.92. The maximum Gasteiger partial charge on any atom is 0.295 e. The second kappa shape index (κ2) is 5.87. The van der Waals surface area contributed by atoms with Gasteiger partial charge in [0.25, 0.3) is 5.91 Å². The number of rotatable bonds is 5. The standard InChI is InChI=1S/C17H16N9O/c18-14-15(21-9-3-4-10-12(5-9)24-26-17(10)27)19-7-20-16(14)22-13-6-11(23-25-13)8-1-2-8/h3-8,24H,1-2,18H2,(H3,19,20,21,22,23,25). The molecule has 1 amide bonds. The van der Waals surface area contributed by atoms with Gasteiger partial charge in [-0.1, -0.05) is 0 Å². The Morgan fingerprint density at radius 1 is 1.11 bits per heavy atom. The number of anilines is 6. The van der Waals surface area contributed by atoms with Gasteiger partial charge in [-0.05, 0) is 31.0 Å². The molecule has 0 atom stereocenters. The van der Waals surface area contributed by atoms with E-state index in [0.717, 1.165) is 17.2 Å². The monoisotopic (exact) mass is 362 g/mol. The Balaban J connectivity index is 1.37. The summed E-state index contributed by atoms with van der Waals surface area (Å²) in [6.07, 6.45) is 3.79. The topological polar surface area (TPSA) is 148 Å². The lowest BCUT2D eigenvalue weighted by atomic mass is 10.1. The highest BCUT2D eigenvalue weighted by Crippen LogP contribution is 2.40. The van der Waals surface area contributed by atoms with Crippen LogP contribution in [-0.4, -0.2) is 26.1 Å². The van der Waals surface area contributed by atoms with Crippen molar-refractivity contribution >= 4 is 40.4 Å². The molecule has 2 aliphatic rings. The summed E-state index contributed by atoms with van der Waals surface area (Å²) >= 11 is 0. The zero-order valence-electron chi connectivity index (χ0n) is 14.2. The van der Waals surface area contributed by atoms with Crippen LogP contribution in [0.2, 0.25) is 0 Å². The van der Waals surface area contributed by atoms with E-state index in [9.17, 15) is 4.79 Å². The second-order valence-electron chi connectivity index (χ2n) is 6.50. The molecule has 27 heavy (non-hydrogen) atoms. The van der Waals surface area contributed by atoms with Crippen molar-refractivity contribution in [2.75, 3.05) is 21.8 Å². The summed E-state index contributed by atoms with van der Waals surface area (Å²) in [5.74, 6) is 1.94. The van der Waals surface area contributed by atoms with E-state index in [0.29, 0.717) is 34.5 Å². The van der Waals surface area contributed by atoms with E-state index in [2.05, 4.69) is 41.7 Å². The number of aromatic nitrogens is 4. The Labute approximate surface area is 154 Å². The lowest BCUT2D eigenvalue weighted by Crippen LogP contribution is -2.10. The highest BCUT2D eigenvalue weighted by atomic mass is 16.2. The van der Waals surface area contributed by atoms with Gasteiger partial charge in [-0.15, -0.1) is 5.43 Å². The van der Waals surface area contributed by atoms with E-state index in [4.69, 9.17) is 5.73 Å². The molecule has 1 aliphatic carbocycles. The second-order valence-corrected chi connectivity index (χ2v) is 6.50. The van der Waals surface area contributed by atoms with Crippen LogP contribution in [0.15, 0.2) is 30.6 Å². The van der Waals surface area contributed by atoms with Crippen molar-refractivity contribution in [3.8, 4) is 0 Å². The molecule has 135 valence electrons. The Kier molecular flexibility index (Phi) is 3.35. The van der Waals surface area contributed by atoms with Gasteiger partial charge in [-0.3, -0.25) is 15.3 Å². The lowest BCUT2D eigenvalue weighted by molar-refractivity contribution is 0.0969. The molecule has 6 N–H and O–H groups in total. The number of hydrogen-bond donors (Lipinski definition) is 5. The molecule has 1 aromatic carbocycles. The summed E-state index contributed by atoms with van der Waals surface area (Å²) < 4.78 is 0. The first-order chi connectivity index (χ1) is 13.2. The quantitative estimate of drug-likeness (QED) is 0.464. The van der Waals surface area contributed by atoms with Crippen molar-refractivity contribution in [2.45, 2.75) is 18.8 Å². The number of amides is 1. The summed E-state index contributed by atoms with van der Waals surface area (Å²) in [6, 6.07) is 7.21. The summed E-state index contributed by atoms with van der Waals surface area (Å²) in [5.41, 5.74) is 15.9. The molecule has 3 aromatic rings. The molecule has 5 rings (SSSR count). The van der Waals surface area contributed by atoms with Crippen LogP contribution in [0.1, 0.15) is 34.8 Å². The molecule has 0 unspecified atom stereocenters. The minimum atomic E-state index is -0.283. The molecule has 3 heterocycles. The number of aromatic amines is 1. The molecule has 0 spiro atoms. The molecule has 10 heteroatoms. The van der Waals surface area contributed by atoms with Crippen LogP contribution in [0.4, 0.5) is 34.5 Å². The van der Waals surface area contributed by atoms with Gasteiger partial charge in [0.2, 0.25) is 0 Å². The molecule has 1 aliphatic heterocycles. The van der Waals surface area contributed by atoms with E-state index in [1.54, 1.807) is 18.2 Å².